The third-order valence-corrected chi connectivity index (χ3v) is 3.31. The first-order valence-electron chi connectivity index (χ1n) is 4.91. The second kappa shape index (κ2) is 4.77. The Morgan fingerprint density at radius 1 is 1.31 bits per heavy atom. The van der Waals surface area contributed by atoms with Gasteiger partial charge in [-0.1, -0.05) is 13.8 Å². The normalized spacial score (nSPS) is 13.6. The molecule has 1 aromatic rings. The summed E-state index contributed by atoms with van der Waals surface area (Å²) in [5.74, 6) is 0.757. The molecule has 0 radical (unpaired) electrons. The number of thiophene rings is 1. The summed E-state index contributed by atoms with van der Waals surface area (Å²) in [5.41, 5.74) is 6.07. The molecule has 0 aliphatic rings. The highest BCUT2D eigenvalue weighted by molar-refractivity contribution is 7.12. The second-order valence-electron chi connectivity index (χ2n) is 4.03. The predicted molar refractivity (Wildman–Crippen MR) is 60.1 cm³/mol. The van der Waals surface area contributed by atoms with E-state index >= 15 is 0 Å². The molecule has 2 N–H and O–H groups in total. The zero-order chi connectivity index (χ0) is 9.84. The fourth-order valence-electron chi connectivity index (χ4n) is 1.31. The lowest BCUT2D eigenvalue weighted by Crippen LogP contribution is -2.09. The Hall–Kier alpha value is -0.340. The average Bonchev–Trinajstić information content (AvgIpc) is 2.47. The first-order chi connectivity index (χ1) is 6.09. The Labute approximate surface area is 85.0 Å². The molecular formula is C11H19NS. The second-order valence-corrected chi connectivity index (χ2v) is 5.35. The summed E-state index contributed by atoms with van der Waals surface area (Å²) in [6.45, 7) is 6.61. The van der Waals surface area contributed by atoms with Crippen molar-refractivity contribution < 1.29 is 0 Å². The van der Waals surface area contributed by atoms with Crippen LogP contribution in [0.25, 0.3) is 0 Å². The van der Waals surface area contributed by atoms with Crippen molar-refractivity contribution in [2.24, 2.45) is 11.7 Å². The Morgan fingerprint density at radius 3 is 2.46 bits per heavy atom. The Kier molecular flexibility index (Phi) is 3.94. The van der Waals surface area contributed by atoms with E-state index < -0.39 is 0 Å². The lowest BCUT2D eigenvalue weighted by atomic mass is 10.0. The van der Waals surface area contributed by atoms with Crippen molar-refractivity contribution in [2.75, 3.05) is 0 Å². The molecule has 0 fully saturated rings. The monoisotopic (exact) mass is 197 g/mol. The molecule has 0 saturated carbocycles. The van der Waals surface area contributed by atoms with E-state index in [-0.39, 0.29) is 6.04 Å². The zero-order valence-corrected chi connectivity index (χ0v) is 9.53. The van der Waals surface area contributed by atoms with Gasteiger partial charge in [0.25, 0.3) is 0 Å². The quantitative estimate of drug-likeness (QED) is 0.785. The number of rotatable bonds is 4. The summed E-state index contributed by atoms with van der Waals surface area (Å²) in [4.78, 5) is 2.69. The third-order valence-electron chi connectivity index (χ3n) is 2.18. The molecule has 13 heavy (non-hydrogen) atoms. The number of aryl methyl sites for hydroxylation is 1. The van der Waals surface area contributed by atoms with E-state index in [4.69, 9.17) is 5.73 Å². The maximum absolute atomic E-state index is 6.07. The summed E-state index contributed by atoms with van der Waals surface area (Å²) in [6.07, 6.45) is 2.33. The van der Waals surface area contributed by atoms with E-state index in [1.807, 2.05) is 11.3 Å². The van der Waals surface area contributed by atoms with Crippen molar-refractivity contribution >= 4 is 11.3 Å². The lowest BCUT2D eigenvalue weighted by molar-refractivity contribution is 0.510. The highest BCUT2D eigenvalue weighted by Crippen LogP contribution is 2.25. The number of nitrogens with two attached hydrogens (primary N) is 1. The van der Waals surface area contributed by atoms with Gasteiger partial charge in [0, 0.05) is 15.8 Å². The Balaban J connectivity index is 2.44. The summed E-state index contributed by atoms with van der Waals surface area (Å²) >= 11 is 1.82. The molecule has 74 valence electrons. The molecule has 1 rings (SSSR count). The molecule has 0 unspecified atom stereocenters. The first-order valence-corrected chi connectivity index (χ1v) is 5.73. The zero-order valence-electron chi connectivity index (χ0n) is 8.71. The third kappa shape index (κ3) is 3.49. The topological polar surface area (TPSA) is 26.0 Å². The van der Waals surface area contributed by atoms with Crippen LogP contribution in [0.3, 0.4) is 0 Å². The van der Waals surface area contributed by atoms with Gasteiger partial charge in [-0.15, -0.1) is 11.3 Å². The Bertz CT molecular complexity index is 252. The van der Waals surface area contributed by atoms with Gasteiger partial charge >= 0.3 is 0 Å². The van der Waals surface area contributed by atoms with Gasteiger partial charge in [-0.2, -0.15) is 0 Å². The highest BCUT2D eigenvalue weighted by Gasteiger charge is 2.08. The number of hydrogen-bond donors (Lipinski definition) is 1. The fraction of sp³-hybridized carbons (Fsp3) is 0.636. The van der Waals surface area contributed by atoms with Crippen LogP contribution in [0.1, 0.15) is 42.5 Å². The van der Waals surface area contributed by atoms with Crippen LogP contribution in [0.5, 0.6) is 0 Å². The van der Waals surface area contributed by atoms with E-state index in [1.54, 1.807) is 0 Å². The molecule has 0 aromatic carbocycles. The molecule has 0 bridgehead atoms. The summed E-state index contributed by atoms with van der Waals surface area (Å²) < 4.78 is 0. The minimum absolute atomic E-state index is 0.251. The minimum atomic E-state index is 0.251. The van der Waals surface area contributed by atoms with Crippen molar-refractivity contribution in [3.63, 3.8) is 0 Å². The van der Waals surface area contributed by atoms with Gasteiger partial charge in [-0.05, 0) is 37.8 Å². The molecule has 1 aromatic heterocycles. The van der Waals surface area contributed by atoms with Crippen molar-refractivity contribution in [3.8, 4) is 0 Å². The molecule has 0 aliphatic carbocycles. The van der Waals surface area contributed by atoms with E-state index in [1.165, 1.54) is 16.2 Å². The van der Waals surface area contributed by atoms with Crippen LogP contribution in [0.4, 0.5) is 0 Å². The van der Waals surface area contributed by atoms with Crippen molar-refractivity contribution in [1.82, 2.24) is 0 Å². The summed E-state index contributed by atoms with van der Waals surface area (Å²) in [7, 11) is 0. The van der Waals surface area contributed by atoms with Crippen LogP contribution >= 0.6 is 11.3 Å². The molecule has 0 aliphatic heterocycles. The van der Waals surface area contributed by atoms with E-state index in [2.05, 4.69) is 32.9 Å². The first kappa shape index (κ1) is 10.7. The van der Waals surface area contributed by atoms with Crippen LogP contribution < -0.4 is 5.73 Å². The van der Waals surface area contributed by atoms with Crippen LogP contribution in [0.2, 0.25) is 0 Å². The van der Waals surface area contributed by atoms with Crippen molar-refractivity contribution in [1.29, 1.82) is 0 Å². The van der Waals surface area contributed by atoms with Crippen LogP contribution in [0.15, 0.2) is 12.1 Å². The SMILES string of the molecule is Cc1ccc([C@H](N)CCC(C)C)s1. The lowest BCUT2D eigenvalue weighted by Gasteiger charge is -2.10. The van der Waals surface area contributed by atoms with Crippen LogP contribution in [-0.2, 0) is 0 Å². The van der Waals surface area contributed by atoms with Crippen molar-refractivity contribution in [3.05, 3.63) is 21.9 Å². The fourth-order valence-corrected chi connectivity index (χ4v) is 2.22. The van der Waals surface area contributed by atoms with Gasteiger partial charge in [0.15, 0.2) is 0 Å². The van der Waals surface area contributed by atoms with E-state index in [0.717, 1.165) is 12.3 Å². The molecule has 0 spiro atoms. The molecule has 1 nitrogen and oxygen atoms in total. The standard InChI is InChI=1S/C11H19NS/c1-8(2)4-6-10(12)11-7-5-9(3)13-11/h5,7-8,10H,4,6,12H2,1-3H3/t10-/m1/s1. The van der Waals surface area contributed by atoms with E-state index in [9.17, 15) is 0 Å². The van der Waals surface area contributed by atoms with Gasteiger partial charge in [-0.3, -0.25) is 0 Å². The van der Waals surface area contributed by atoms with E-state index in [0.29, 0.717) is 0 Å². The summed E-state index contributed by atoms with van der Waals surface area (Å²) in [5, 5.41) is 0. The van der Waals surface area contributed by atoms with Crippen LogP contribution in [0, 0.1) is 12.8 Å². The Morgan fingerprint density at radius 2 is 2.00 bits per heavy atom. The maximum atomic E-state index is 6.07. The smallest absolute Gasteiger partial charge is 0.0389 e. The molecule has 0 saturated heterocycles. The van der Waals surface area contributed by atoms with Crippen molar-refractivity contribution in [2.45, 2.75) is 39.7 Å². The van der Waals surface area contributed by atoms with Gasteiger partial charge in [0.05, 0.1) is 0 Å². The molecular weight excluding hydrogens is 178 g/mol. The maximum Gasteiger partial charge on any atom is 0.0389 e. The number of hydrogen-bond acceptors (Lipinski definition) is 2. The molecule has 2 heteroatoms. The summed E-state index contributed by atoms with van der Waals surface area (Å²) in [6, 6.07) is 4.56. The van der Waals surface area contributed by atoms with Gasteiger partial charge in [0.1, 0.15) is 0 Å². The predicted octanol–water partition coefficient (Wildman–Crippen LogP) is 3.49. The largest absolute Gasteiger partial charge is 0.323 e. The molecule has 0 amide bonds. The van der Waals surface area contributed by atoms with Crippen LogP contribution in [-0.4, -0.2) is 0 Å². The van der Waals surface area contributed by atoms with Gasteiger partial charge in [-0.25, -0.2) is 0 Å². The molecule has 1 heterocycles. The van der Waals surface area contributed by atoms with Gasteiger partial charge < -0.3 is 5.73 Å². The highest BCUT2D eigenvalue weighted by atomic mass is 32.1. The average molecular weight is 197 g/mol. The minimum Gasteiger partial charge on any atom is -0.323 e. The van der Waals surface area contributed by atoms with Gasteiger partial charge in [0.2, 0.25) is 0 Å². The molecule has 1 atom stereocenters.